The highest BCUT2D eigenvalue weighted by Gasteiger charge is 2.54. The van der Waals surface area contributed by atoms with E-state index in [-0.39, 0.29) is 35.6 Å². The molecule has 260 valence electrons. The number of aliphatic hydroxyl groups is 1. The summed E-state index contributed by atoms with van der Waals surface area (Å²) in [7, 11) is -3.82. The van der Waals surface area contributed by atoms with Gasteiger partial charge in [-0.2, -0.15) is 0 Å². The summed E-state index contributed by atoms with van der Waals surface area (Å²) in [6.45, 7) is 0.386. The number of aliphatic hydroxyl groups excluding tert-OH is 1. The monoisotopic (exact) mass is 765 g/mol. The first-order valence-corrected chi connectivity index (χ1v) is 19.1. The lowest BCUT2D eigenvalue weighted by Crippen LogP contribution is -2.54. The zero-order valence-corrected chi connectivity index (χ0v) is 29.9. The van der Waals surface area contributed by atoms with Crippen LogP contribution in [0.2, 0.25) is 0 Å². The van der Waals surface area contributed by atoms with Crippen molar-refractivity contribution in [2.24, 2.45) is 4.99 Å². The molecule has 11 heteroatoms. The Balaban J connectivity index is 1.28. The quantitative estimate of drug-likeness (QED) is 0.0898. The Morgan fingerprint density at radius 1 is 0.824 bits per heavy atom. The fraction of sp³-hybridized carbons (Fsp3) is 0.200. The largest absolute Gasteiger partial charge is 0.494 e. The van der Waals surface area contributed by atoms with Crippen LogP contribution in [0.3, 0.4) is 0 Å². The van der Waals surface area contributed by atoms with Gasteiger partial charge in [0.1, 0.15) is 5.75 Å². The maximum atomic E-state index is 14.9. The van der Waals surface area contributed by atoms with Gasteiger partial charge in [0.25, 0.3) is 5.91 Å². The molecule has 0 radical (unpaired) electrons. The van der Waals surface area contributed by atoms with Crippen molar-refractivity contribution in [1.82, 2.24) is 10.9 Å². The Morgan fingerprint density at radius 3 is 2.08 bits per heavy atom. The van der Waals surface area contributed by atoms with Crippen molar-refractivity contribution in [3.05, 3.63) is 154 Å². The number of halogens is 1. The zero-order chi connectivity index (χ0) is 35.4. The summed E-state index contributed by atoms with van der Waals surface area (Å²) in [6.07, 6.45) is -0.659. The number of hydrazine groups is 1. The number of hydrogen-bond acceptors (Lipinski definition) is 8. The van der Waals surface area contributed by atoms with Gasteiger partial charge in [-0.15, -0.1) is 0 Å². The third-order valence-electron chi connectivity index (χ3n) is 9.24. The molecule has 5 aromatic rings. The number of sulfone groups is 1. The lowest BCUT2D eigenvalue weighted by atomic mass is 9.85. The number of carbonyl (C=O) groups is 1. The van der Waals surface area contributed by atoms with Gasteiger partial charge in [-0.3, -0.25) is 10.2 Å². The van der Waals surface area contributed by atoms with E-state index in [1.165, 1.54) is 0 Å². The third kappa shape index (κ3) is 6.94. The smallest absolute Gasteiger partial charge is 0.266 e. The maximum Gasteiger partial charge on any atom is 0.266 e. The van der Waals surface area contributed by atoms with Crippen LogP contribution < -0.4 is 15.6 Å². The average molecular weight is 767 g/mol. The van der Waals surface area contributed by atoms with Crippen molar-refractivity contribution < 1.29 is 27.8 Å². The molecule has 3 N–H and O–H groups in total. The van der Waals surface area contributed by atoms with Crippen molar-refractivity contribution in [3.63, 3.8) is 0 Å². The van der Waals surface area contributed by atoms with E-state index >= 15 is 0 Å². The van der Waals surface area contributed by atoms with Crippen LogP contribution in [0.4, 0.5) is 0 Å². The Bertz CT molecular complexity index is 2130. The number of carbonyl (C=O) groups excluding carboxylic acids is 1. The number of benzene rings is 5. The van der Waals surface area contributed by atoms with Gasteiger partial charge >= 0.3 is 0 Å². The van der Waals surface area contributed by atoms with Crippen LogP contribution in [0.25, 0.3) is 11.1 Å². The maximum absolute atomic E-state index is 14.9. The van der Waals surface area contributed by atoms with Crippen LogP contribution >= 0.6 is 15.9 Å². The molecule has 9 nitrogen and oxygen atoms in total. The molecule has 2 atom stereocenters. The average Bonchev–Trinajstić information content (AvgIpc) is 3.71. The highest BCUT2D eigenvalue weighted by Crippen LogP contribution is 2.46. The van der Waals surface area contributed by atoms with Gasteiger partial charge in [0.05, 0.1) is 23.3 Å². The van der Waals surface area contributed by atoms with Crippen molar-refractivity contribution in [2.45, 2.75) is 35.4 Å². The number of nitrogens with zero attached hydrogens (tertiary/aromatic N) is 1. The first-order valence-electron chi connectivity index (χ1n) is 16.7. The minimum atomic E-state index is -3.82. The van der Waals surface area contributed by atoms with Gasteiger partial charge in [-0.25, -0.2) is 18.8 Å². The lowest BCUT2D eigenvalue weighted by Gasteiger charge is -2.31. The number of aliphatic imine (C=N–C) groups is 1. The molecule has 1 aliphatic heterocycles. The first-order chi connectivity index (χ1) is 24.8. The summed E-state index contributed by atoms with van der Waals surface area (Å²) in [6, 6.07) is 38.4. The number of hydrogen-bond donors (Lipinski definition) is 3. The zero-order valence-electron chi connectivity index (χ0n) is 27.5. The predicted octanol–water partition coefficient (Wildman–Crippen LogP) is 6.72. The predicted molar refractivity (Wildman–Crippen MR) is 199 cm³/mol. The van der Waals surface area contributed by atoms with E-state index in [1.54, 1.807) is 54.6 Å². The Labute approximate surface area is 305 Å². The highest BCUT2D eigenvalue weighted by molar-refractivity contribution is 9.10. The molecule has 7 rings (SSSR count). The van der Waals surface area contributed by atoms with E-state index in [9.17, 15) is 13.2 Å². The van der Waals surface area contributed by atoms with Crippen LogP contribution in [0.15, 0.2) is 142 Å². The van der Waals surface area contributed by atoms with Crippen molar-refractivity contribution in [1.29, 1.82) is 0 Å². The van der Waals surface area contributed by atoms with Crippen molar-refractivity contribution in [2.75, 3.05) is 19.0 Å². The fourth-order valence-corrected chi connectivity index (χ4v) is 8.51. The van der Waals surface area contributed by atoms with Crippen molar-refractivity contribution in [3.8, 4) is 16.9 Å². The summed E-state index contributed by atoms with van der Waals surface area (Å²) in [5, 5.41) is 9.12. The standard InChI is InChI=1S/C40H36BrN3O6S/c41-35-18-9-8-17-34(35)37-40(23-26-51(47,48)29-11-2-1-3-12-29,42-38(50-37)27-19-21-28(22-20-27)49-25-10-24-45)39(46)44-43-36-32-15-6-4-13-30(32)31-14-5-7-16-33(31)36/h1-9,11-22,36-37,43,45H,10,23-26H2,(H,44,46)/t37-,40-/m0/s1. The number of amides is 1. The molecule has 5 aromatic carbocycles. The summed E-state index contributed by atoms with van der Waals surface area (Å²) in [4.78, 5) is 20.0. The molecule has 0 saturated heterocycles. The molecule has 51 heavy (non-hydrogen) atoms. The first kappa shape index (κ1) is 34.6. The molecule has 1 heterocycles. The molecular formula is C40H36BrN3O6S. The van der Waals surface area contributed by atoms with Crippen molar-refractivity contribution >= 4 is 37.6 Å². The summed E-state index contributed by atoms with van der Waals surface area (Å²) >= 11 is 3.65. The second-order valence-corrected chi connectivity index (χ2v) is 15.4. The Hall–Kier alpha value is -4.81. The highest BCUT2D eigenvalue weighted by atomic mass is 79.9. The number of ether oxygens (including phenoxy) is 2. The summed E-state index contributed by atoms with van der Waals surface area (Å²) in [5.41, 5.74) is 9.94. The molecule has 1 aliphatic carbocycles. The van der Waals surface area contributed by atoms with Crippen LogP contribution in [0.5, 0.6) is 5.75 Å². The second-order valence-electron chi connectivity index (χ2n) is 12.4. The molecule has 0 spiro atoms. The van der Waals surface area contributed by atoms with Crippen LogP contribution in [0.1, 0.15) is 47.2 Å². The Morgan fingerprint density at radius 2 is 1.43 bits per heavy atom. The molecule has 0 bridgehead atoms. The molecule has 0 saturated carbocycles. The van der Waals surface area contributed by atoms with Gasteiger partial charge < -0.3 is 14.6 Å². The van der Waals surface area contributed by atoms with Gasteiger partial charge in [0.15, 0.2) is 21.5 Å². The number of nitrogens with one attached hydrogen (secondary N) is 2. The third-order valence-corrected chi connectivity index (χ3v) is 11.7. The molecule has 2 aliphatic rings. The normalized spacial score (nSPS) is 18.0. The fourth-order valence-electron chi connectivity index (χ4n) is 6.63. The van der Waals surface area contributed by atoms with Gasteiger partial charge in [0.2, 0.25) is 5.90 Å². The van der Waals surface area contributed by atoms with Gasteiger partial charge in [-0.1, -0.05) is 101 Å². The summed E-state index contributed by atoms with van der Waals surface area (Å²) in [5.74, 6) is -0.0978. The molecule has 1 amide bonds. The number of rotatable bonds is 13. The van der Waals surface area contributed by atoms with E-state index in [0.717, 1.165) is 22.3 Å². The minimum Gasteiger partial charge on any atom is -0.494 e. The van der Waals surface area contributed by atoms with Crippen LogP contribution in [0, 0.1) is 0 Å². The van der Waals surface area contributed by atoms with Crippen LogP contribution in [-0.4, -0.2) is 49.8 Å². The van der Waals surface area contributed by atoms with E-state index in [2.05, 4.69) is 38.9 Å². The van der Waals surface area contributed by atoms with Gasteiger partial charge in [-0.05, 0) is 64.7 Å². The molecule has 0 unspecified atom stereocenters. The Kier molecular flexibility index (Phi) is 10.1. The topological polar surface area (TPSA) is 126 Å². The summed E-state index contributed by atoms with van der Waals surface area (Å²) < 4.78 is 40.5. The van der Waals surface area contributed by atoms with Gasteiger partial charge in [0, 0.05) is 35.0 Å². The second kappa shape index (κ2) is 14.8. The molecule has 0 fully saturated rings. The van der Waals surface area contributed by atoms with E-state index in [0.29, 0.717) is 34.4 Å². The van der Waals surface area contributed by atoms with E-state index < -0.39 is 27.4 Å². The minimum absolute atomic E-state index is 0.0257. The molecule has 0 aromatic heterocycles. The van der Waals surface area contributed by atoms with Crippen LogP contribution in [-0.2, 0) is 19.4 Å². The van der Waals surface area contributed by atoms with E-state index in [4.69, 9.17) is 19.6 Å². The SMILES string of the molecule is O=C(NNC1c2ccccc2-c2ccccc21)[C@@]1(CCS(=O)(=O)c2ccccc2)N=C(c2ccc(OCCCO)cc2)O[C@H]1c1ccccc1Br. The van der Waals surface area contributed by atoms with E-state index in [1.807, 2.05) is 60.7 Å². The lowest BCUT2D eigenvalue weighted by molar-refractivity contribution is -0.130. The number of fused-ring (bicyclic) bond motifs is 3. The molecular weight excluding hydrogens is 730 g/mol.